The standard InChI is InChI=1S/C20H19FN2O5/c1-20(18(25)22-19(26)23-20)10-9-13-5-7-15(8-6-13)28-17(24)12-27-16-4-2-3-14(21)11-16/h2-8,11H,9-10,12H2,1H3,(H2,22,23,25,26)/t20-/m0/s1. The van der Waals surface area contributed by atoms with Gasteiger partial charge in [0.25, 0.3) is 5.91 Å². The summed E-state index contributed by atoms with van der Waals surface area (Å²) in [6.45, 7) is 1.32. The number of nitrogens with one attached hydrogen (secondary N) is 2. The summed E-state index contributed by atoms with van der Waals surface area (Å²) in [6, 6.07) is 11.8. The van der Waals surface area contributed by atoms with E-state index in [4.69, 9.17) is 9.47 Å². The zero-order chi connectivity index (χ0) is 20.1. The molecule has 0 bridgehead atoms. The smallest absolute Gasteiger partial charge is 0.349 e. The van der Waals surface area contributed by atoms with Gasteiger partial charge in [-0.3, -0.25) is 10.1 Å². The fourth-order valence-electron chi connectivity index (χ4n) is 2.73. The Morgan fingerprint density at radius 2 is 1.86 bits per heavy atom. The van der Waals surface area contributed by atoms with E-state index in [1.165, 1.54) is 18.2 Å². The van der Waals surface area contributed by atoms with Gasteiger partial charge in [0.05, 0.1) is 0 Å². The summed E-state index contributed by atoms with van der Waals surface area (Å²) < 4.78 is 23.4. The second-order valence-corrected chi connectivity index (χ2v) is 6.60. The van der Waals surface area contributed by atoms with Crippen molar-refractivity contribution in [2.75, 3.05) is 6.61 Å². The lowest BCUT2D eigenvalue weighted by atomic mass is 9.93. The van der Waals surface area contributed by atoms with Crippen molar-refractivity contribution in [3.8, 4) is 11.5 Å². The van der Waals surface area contributed by atoms with Crippen LogP contribution in [0.15, 0.2) is 48.5 Å². The number of amides is 3. The van der Waals surface area contributed by atoms with E-state index in [0.717, 1.165) is 5.56 Å². The van der Waals surface area contributed by atoms with Crippen LogP contribution in [0.4, 0.5) is 9.18 Å². The van der Waals surface area contributed by atoms with Gasteiger partial charge in [0.1, 0.15) is 22.9 Å². The zero-order valence-corrected chi connectivity index (χ0v) is 15.2. The van der Waals surface area contributed by atoms with E-state index in [1.54, 1.807) is 37.3 Å². The SMILES string of the molecule is C[C@@]1(CCc2ccc(OC(=O)COc3cccc(F)c3)cc2)NC(=O)NC1=O. The molecule has 28 heavy (non-hydrogen) atoms. The van der Waals surface area contributed by atoms with Crippen molar-refractivity contribution in [1.29, 1.82) is 0 Å². The van der Waals surface area contributed by atoms with Crippen LogP contribution < -0.4 is 20.1 Å². The Hall–Kier alpha value is -3.42. The summed E-state index contributed by atoms with van der Waals surface area (Å²) in [5.74, 6) is -0.834. The molecule has 2 aromatic carbocycles. The average Bonchev–Trinajstić information content (AvgIpc) is 2.91. The molecule has 1 atom stereocenters. The topological polar surface area (TPSA) is 93.7 Å². The van der Waals surface area contributed by atoms with Crippen LogP contribution in [0.1, 0.15) is 18.9 Å². The van der Waals surface area contributed by atoms with E-state index in [-0.39, 0.29) is 18.3 Å². The number of aryl methyl sites for hydroxylation is 1. The van der Waals surface area contributed by atoms with Crippen molar-refractivity contribution in [2.45, 2.75) is 25.3 Å². The highest BCUT2D eigenvalue weighted by molar-refractivity contribution is 6.06. The molecule has 1 saturated heterocycles. The number of imide groups is 1. The molecule has 1 heterocycles. The number of benzene rings is 2. The van der Waals surface area contributed by atoms with E-state index in [1.807, 2.05) is 0 Å². The molecule has 2 aromatic rings. The fraction of sp³-hybridized carbons (Fsp3) is 0.250. The Morgan fingerprint density at radius 1 is 1.11 bits per heavy atom. The maximum absolute atomic E-state index is 13.1. The average molecular weight is 386 g/mol. The van der Waals surface area contributed by atoms with Crippen LogP contribution in [0.25, 0.3) is 0 Å². The van der Waals surface area contributed by atoms with E-state index in [9.17, 15) is 18.8 Å². The van der Waals surface area contributed by atoms with E-state index >= 15 is 0 Å². The molecule has 146 valence electrons. The van der Waals surface area contributed by atoms with Crippen molar-refractivity contribution in [2.24, 2.45) is 0 Å². The van der Waals surface area contributed by atoms with Crippen LogP contribution in [-0.2, 0) is 16.0 Å². The number of halogens is 1. The molecule has 8 heteroatoms. The van der Waals surface area contributed by atoms with Crippen LogP contribution in [-0.4, -0.2) is 30.1 Å². The third-order valence-electron chi connectivity index (χ3n) is 4.34. The van der Waals surface area contributed by atoms with Crippen LogP contribution in [0, 0.1) is 5.82 Å². The van der Waals surface area contributed by atoms with Gasteiger partial charge in [0, 0.05) is 6.07 Å². The maximum atomic E-state index is 13.1. The molecule has 1 aliphatic rings. The molecular formula is C20H19FN2O5. The third-order valence-corrected chi connectivity index (χ3v) is 4.34. The minimum Gasteiger partial charge on any atom is -0.482 e. The highest BCUT2D eigenvalue weighted by Gasteiger charge is 2.41. The number of rotatable bonds is 7. The highest BCUT2D eigenvalue weighted by atomic mass is 19.1. The fourth-order valence-corrected chi connectivity index (χ4v) is 2.73. The normalized spacial score (nSPS) is 18.4. The van der Waals surface area contributed by atoms with Gasteiger partial charge >= 0.3 is 12.0 Å². The molecule has 1 fully saturated rings. The molecule has 0 radical (unpaired) electrons. The first-order valence-corrected chi connectivity index (χ1v) is 8.66. The van der Waals surface area contributed by atoms with E-state index in [0.29, 0.717) is 18.6 Å². The molecule has 3 amide bonds. The second-order valence-electron chi connectivity index (χ2n) is 6.60. The number of esters is 1. The second kappa shape index (κ2) is 8.08. The monoisotopic (exact) mass is 386 g/mol. The summed E-state index contributed by atoms with van der Waals surface area (Å²) in [5, 5.41) is 4.83. The van der Waals surface area contributed by atoms with Crippen LogP contribution >= 0.6 is 0 Å². The van der Waals surface area contributed by atoms with Gasteiger partial charge in [-0.05, 0) is 49.6 Å². The molecule has 3 rings (SSSR count). The lowest BCUT2D eigenvalue weighted by Gasteiger charge is -2.20. The minimum atomic E-state index is -0.934. The van der Waals surface area contributed by atoms with Gasteiger partial charge in [-0.2, -0.15) is 0 Å². The Balaban J connectivity index is 1.48. The molecule has 0 unspecified atom stereocenters. The first-order valence-electron chi connectivity index (χ1n) is 8.66. The third kappa shape index (κ3) is 4.85. The predicted octanol–water partition coefficient (Wildman–Crippen LogP) is 2.34. The van der Waals surface area contributed by atoms with Gasteiger partial charge in [0.15, 0.2) is 6.61 Å². The van der Waals surface area contributed by atoms with Crippen LogP contribution in [0.3, 0.4) is 0 Å². The minimum absolute atomic E-state index is 0.240. The summed E-state index contributed by atoms with van der Waals surface area (Å²) in [6.07, 6.45) is 0.992. The van der Waals surface area contributed by atoms with Crippen LogP contribution in [0.5, 0.6) is 11.5 Å². The number of ether oxygens (including phenoxy) is 2. The first-order chi connectivity index (χ1) is 13.3. The summed E-state index contributed by atoms with van der Waals surface area (Å²) >= 11 is 0. The van der Waals surface area contributed by atoms with Gasteiger partial charge in [-0.15, -0.1) is 0 Å². The van der Waals surface area contributed by atoms with Gasteiger partial charge in [0.2, 0.25) is 0 Å². The Morgan fingerprint density at radius 3 is 2.50 bits per heavy atom. The number of urea groups is 1. The maximum Gasteiger partial charge on any atom is 0.349 e. The quantitative estimate of drug-likeness (QED) is 0.433. The van der Waals surface area contributed by atoms with Gasteiger partial charge in [-0.25, -0.2) is 14.0 Å². The number of hydrogen-bond acceptors (Lipinski definition) is 5. The van der Waals surface area contributed by atoms with Gasteiger partial charge in [-0.1, -0.05) is 18.2 Å². The summed E-state index contributed by atoms with van der Waals surface area (Å²) in [5.41, 5.74) is -0.0118. The zero-order valence-electron chi connectivity index (χ0n) is 15.2. The molecule has 1 aliphatic heterocycles. The number of hydrogen-bond donors (Lipinski definition) is 2. The lowest BCUT2D eigenvalue weighted by Crippen LogP contribution is -2.43. The van der Waals surface area contributed by atoms with Gasteiger partial charge < -0.3 is 14.8 Å². The molecule has 0 spiro atoms. The summed E-state index contributed by atoms with van der Waals surface area (Å²) in [4.78, 5) is 34.9. The van der Waals surface area contributed by atoms with E-state index in [2.05, 4.69) is 10.6 Å². The molecule has 0 aromatic heterocycles. The largest absolute Gasteiger partial charge is 0.482 e. The predicted molar refractivity (Wildman–Crippen MR) is 97.4 cm³/mol. The van der Waals surface area contributed by atoms with Crippen molar-refractivity contribution >= 4 is 17.9 Å². The van der Waals surface area contributed by atoms with Crippen molar-refractivity contribution in [3.05, 3.63) is 59.9 Å². The van der Waals surface area contributed by atoms with E-state index < -0.39 is 23.4 Å². The lowest BCUT2D eigenvalue weighted by molar-refractivity contribution is -0.136. The molecular weight excluding hydrogens is 367 g/mol. The summed E-state index contributed by atoms with van der Waals surface area (Å²) in [7, 11) is 0. The van der Waals surface area contributed by atoms with Crippen molar-refractivity contribution < 1.29 is 28.2 Å². The Labute approximate surface area is 160 Å². The molecule has 0 saturated carbocycles. The van der Waals surface area contributed by atoms with Crippen LogP contribution in [0.2, 0.25) is 0 Å². The van der Waals surface area contributed by atoms with Crippen molar-refractivity contribution in [3.63, 3.8) is 0 Å². The van der Waals surface area contributed by atoms with Crippen molar-refractivity contribution in [1.82, 2.24) is 10.6 Å². The molecule has 2 N–H and O–H groups in total. The number of carbonyl (C=O) groups excluding carboxylic acids is 3. The first kappa shape index (κ1) is 19.3. The Bertz CT molecular complexity index is 900. The molecule has 7 nitrogen and oxygen atoms in total. The molecule has 0 aliphatic carbocycles. The Kier molecular flexibility index (Phi) is 5.58. The number of carbonyl (C=O) groups is 3. The highest BCUT2D eigenvalue weighted by Crippen LogP contribution is 2.20.